The van der Waals surface area contributed by atoms with Crippen molar-refractivity contribution in [3.8, 4) is 0 Å². The maximum atomic E-state index is 13.3. The van der Waals surface area contributed by atoms with Gasteiger partial charge >= 0.3 is 0 Å². The average molecular weight is 213 g/mol. The molecule has 0 spiro atoms. The fourth-order valence-electron chi connectivity index (χ4n) is 1.57. The van der Waals surface area contributed by atoms with Crippen LogP contribution in [0.5, 0.6) is 0 Å². The molecule has 0 fully saturated rings. The summed E-state index contributed by atoms with van der Waals surface area (Å²) in [6, 6.07) is 2.61. The van der Waals surface area contributed by atoms with E-state index in [-0.39, 0.29) is 0 Å². The lowest BCUT2D eigenvalue weighted by Crippen LogP contribution is -2.01. The summed E-state index contributed by atoms with van der Waals surface area (Å²) in [5.74, 6) is -0.890. The molecule has 2 N–H and O–H groups in total. The molecule has 1 aromatic rings. The summed E-state index contributed by atoms with van der Waals surface area (Å²) in [5, 5.41) is 0. The van der Waals surface area contributed by atoms with E-state index in [1.165, 1.54) is 0 Å². The molecule has 0 aliphatic heterocycles. The highest BCUT2D eigenvalue weighted by Crippen LogP contribution is 2.17. The monoisotopic (exact) mass is 213 g/mol. The quantitative estimate of drug-likeness (QED) is 0.748. The Bertz CT molecular complexity index is 324. The van der Waals surface area contributed by atoms with Crippen LogP contribution in [0.4, 0.5) is 8.78 Å². The molecule has 0 amide bonds. The lowest BCUT2D eigenvalue weighted by atomic mass is 10.0. The zero-order valence-electron chi connectivity index (χ0n) is 9.02. The fourth-order valence-corrected chi connectivity index (χ4v) is 1.57. The Morgan fingerprint density at radius 1 is 1.07 bits per heavy atom. The van der Waals surface area contributed by atoms with Gasteiger partial charge in [0.2, 0.25) is 0 Å². The van der Waals surface area contributed by atoms with E-state index >= 15 is 0 Å². The molecule has 0 radical (unpaired) electrons. The molecule has 1 nitrogen and oxygen atoms in total. The number of rotatable bonds is 5. The summed E-state index contributed by atoms with van der Waals surface area (Å²) in [5.41, 5.74) is 6.54. The summed E-state index contributed by atoms with van der Waals surface area (Å²) in [4.78, 5) is 0. The molecule has 0 saturated heterocycles. The van der Waals surface area contributed by atoms with E-state index in [0.717, 1.165) is 18.9 Å². The Balaban J connectivity index is 2.78. The topological polar surface area (TPSA) is 26.0 Å². The van der Waals surface area contributed by atoms with Gasteiger partial charge in [-0.1, -0.05) is 6.92 Å². The zero-order chi connectivity index (χ0) is 11.3. The first-order valence-electron chi connectivity index (χ1n) is 5.36. The first kappa shape index (κ1) is 12.1. The largest absolute Gasteiger partial charge is 0.330 e. The van der Waals surface area contributed by atoms with Crippen LogP contribution in [-0.4, -0.2) is 6.54 Å². The van der Waals surface area contributed by atoms with Gasteiger partial charge < -0.3 is 5.73 Å². The molecule has 84 valence electrons. The third-order valence-corrected chi connectivity index (χ3v) is 2.50. The van der Waals surface area contributed by atoms with Gasteiger partial charge in [0.1, 0.15) is 11.6 Å². The molecule has 0 heterocycles. The second-order valence-corrected chi connectivity index (χ2v) is 3.63. The summed E-state index contributed by atoms with van der Waals surface area (Å²) < 4.78 is 26.5. The Kier molecular flexibility index (Phi) is 4.69. The van der Waals surface area contributed by atoms with Gasteiger partial charge in [-0.3, -0.25) is 0 Å². The Morgan fingerprint density at radius 2 is 1.73 bits per heavy atom. The summed E-state index contributed by atoms with van der Waals surface area (Å²) in [6.07, 6.45) is 2.95. The minimum Gasteiger partial charge on any atom is -0.330 e. The van der Waals surface area contributed by atoms with E-state index in [9.17, 15) is 8.78 Å². The molecule has 0 unspecified atom stereocenters. The molecule has 0 atom stereocenters. The van der Waals surface area contributed by atoms with Crippen LogP contribution >= 0.6 is 0 Å². The van der Waals surface area contributed by atoms with Gasteiger partial charge in [0, 0.05) is 6.07 Å². The Labute approximate surface area is 89.3 Å². The fraction of sp³-hybridized carbons (Fsp3) is 0.500. The second-order valence-electron chi connectivity index (χ2n) is 3.63. The normalized spacial score (nSPS) is 10.7. The van der Waals surface area contributed by atoms with E-state index in [1.807, 2.05) is 6.92 Å². The van der Waals surface area contributed by atoms with Crippen LogP contribution in [0.15, 0.2) is 12.1 Å². The van der Waals surface area contributed by atoms with E-state index in [1.54, 1.807) is 6.07 Å². The summed E-state index contributed by atoms with van der Waals surface area (Å²) >= 11 is 0. The molecule has 1 aromatic carbocycles. The van der Waals surface area contributed by atoms with E-state index in [2.05, 4.69) is 0 Å². The number of aryl methyl sites for hydroxylation is 2. The van der Waals surface area contributed by atoms with E-state index < -0.39 is 11.6 Å². The van der Waals surface area contributed by atoms with Gasteiger partial charge in [-0.25, -0.2) is 8.78 Å². The standard InChI is InChI=1S/C12H17F2N/c1-2-9-7-10(5-3-4-6-15)12(14)8-11(9)13/h7-8H,2-6,15H2,1H3. The van der Waals surface area contributed by atoms with Crippen molar-refractivity contribution in [2.75, 3.05) is 6.54 Å². The van der Waals surface area contributed by atoms with Crippen LogP contribution in [0.2, 0.25) is 0 Å². The third-order valence-electron chi connectivity index (χ3n) is 2.50. The highest BCUT2D eigenvalue weighted by Gasteiger charge is 2.08. The number of benzene rings is 1. The van der Waals surface area contributed by atoms with Crippen LogP contribution in [0.3, 0.4) is 0 Å². The zero-order valence-corrected chi connectivity index (χ0v) is 9.02. The SMILES string of the molecule is CCc1cc(CCCCN)c(F)cc1F. The van der Waals surface area contributed by atoms with Crippen molar-refractivity contribution in [3.63, 3.8) is 0 Å². The van der Waals surface area contributed by atoms with Crippen molar-refractivity contribution >= 4 is 0 Å². The number of nitrogens with two attached hydrogens (primary N) is 1. The van der Waals surface area contributed by atoms with Gasteiger partial charge in [-0.05, 0) is 49.4 Å². The second kappa shape index (κ2) is 5.81. The van der Waals surface area contributed by atoms with Crippen LogP contribution < -0.4 is 5.73 Å². The average Bonchev–Trinajstić information content (AvgIpc) is 2.21. The third kappa shape index (κ3) is 3.27. The predicted molar refractivity (Wildman–Crippen MR) is 57.7 cm³/mol. The van der Waals surface area contributed by atoms with Crippen molar-refractivity contribution in [3.05, 3.63) is 34.9 Å². The lowest BCUT2D eigenvalue weighted by Gasteiger charge is -2.06. The predicted octanol–water partition coefficient (Wildman–Crippen LogP) is 2.81. The van der Waals surface area contributed by atoms with Crippen LogP contribution in [-0.2, 0) is 12.8 Å². The molecule has 15 heavy (non-hydrogen) atoms. The molecule has 0 bridgehead atoms. The Morgan fingerprint density at radius 3 is 2.33 bits per heavy atom. The lowest BCUT2D eigenvalue weighted by molar-refractivity contribution is 0.559. The van der Waals surface area contributed by atoms with Crippen molar-refractivity contribution in [2.45, 2.75) is 32.6 Å². The van der Waals surface area contributed by atoms with Gasteiger partial charge in [0.15, 0.2) is 0 Å². The highest BCUT2D eigenvalue weighted by molar-refractivity contribution is 5.26. The van der Waals surface area contributed by atoms with Crippen LogP contribution in [0.1, 0.15) is 30.9 Å². The van der Waals surface area contributed by atoms with Crippen molar-refractivity contribution in [1.82, 2.24) is 0 Å². The van der Waals surface area contributed by atoms with Gasteiger partial charge in [0.05, 0.1) is 0 Å². The molecule has 0 saturated carbocycles. The number of hydrogen-bond acceptors (Lipinski definition) is 1. The smallest absolute Gasteiger partial charge is 0.129 e. The maximum absolute atomic E-state index is 13.3. The maximum Gasteiger partial charge on any atom is 0.129 e. The van der Waals surface area contributed by atoms with Crippen molar-refractivity contribution in [2.24, 2.45) is 5.73 Å². The Hall–Kier alpha value is -0.960. The molecule has 0 aromatic heterocycles. The van der Waals surface area contributed by atoms with Crippen molar-refractivity contribution < 1.29 is 8.78 Å². The summed E-state index contributed by atoms with van der Waals surface area (Å²) in [6.45, 7) is 2.48. The number of unbranched alkanes of at least 4 members (excludes halogenated alkanes) is 1. The molecule has 3 heteroatoms. The van der Waals surface area contributed by atoms with E-state index in [0.29, 0.717) is 30.5 Å². The molecule has 0 aliphatic rings. The molecular formula is C12H17F2N. The van der Waals surface area contributed by atoms with Crippen LogP contribution in [0, 0.1) is 11.6 Å². The van der Waals surface area contributed by atoms with Gasteiger partial charge in [0.25, 0.3) is 0 Å². The molecule has 1 rings (SSSR count). The summed E-state index contributed by atoms with van der Waals surface area (Å²) in [7, 11) is 0. The van der Waals surface area contributed by atoms with Gasteiger partial charge in [-0.2, -0.15) is 0 Å². The van der Waals surface area contributed by atoms with Crippen molar-refractivity contribution in [1.29, 1.82) is 0 Å². The number of halogens is 2. The minimum absolute atomic E-state index is 0.443. The molecular weight excluding hydrogens is 196 g/mol. The van der Waals surface area contributed by atoms with E-state index in [4.69, 9.17) is 5.73 Å². The highest BCUT2D eigenvalue weighted by atomic mass is 19.1. The minimum atomic E-state index is -0.447. The van der Waals surface area contributed by atoms with Crippen LogP contribution in [0.25, 0.3) is 0 Å². The first-order valence-corrected chi connectivity index (χ1v) is 5.36. The molecule has 0 aliphatic carbocycles. The number of hydrogen-bond donors (Lipinski definition) is 1. The van der Waals surface area contributed by atoms with Gasteiger partial charge in [-0.15, -0.1) is 0 Å². The first-order chi connectivity index (χ1) is 7.19.